The first-order valence-corrected chi connectivity index (χ1v) is 8.52. The molecule has 0 spiro atoms. The van der Waals surface area contributed by atoms with Gasteiger partial charge in [0.15, 0.2) is 0 Å². The van der Waals surface area contributed by atoms with E-state index in [2.05, 4.69) is 60.4 Å². The number of likely N-dealkylation sites (tertiary alicyclic amines) is 1. The molecule has 4 nitrogen and oxygen atoms in total. The number of aromatic nitrogens is 2. The molecule has 1 aromatic heterocycles. The van der Waals surface area contributed by atoms with Gasteiger partial charge in [-0.2, -0.15) is 0 Å². The zero-order valence-corrected chi connectivity index (χ0v) is 14.4. The van der Waals surface area contributed by atoms with Gasteiger partial charge < -0.3 is 5.32 Å². The molecule has 1 saturated heterocycles. The quantitative estimate of drug-likeness (QED) is 0.903. The molecule has 0 radical (unpaired) electrons. The highest BCUT2D eigenvalue weighted by Crippen LogP contribution is 2.21. The highest BCUT2D eigenvalue weighted by atomic mass is 79.9. The van der Waals surface area contributed by atoms with Crippen LogP contribution in [0.4, 0.5) is 5.95 Å². The molecular weight excluding hydrogens is 340 g/mol. The summed E-state index contributed by atoms with van der Waals surface area (Å²) in [6, 6.07) is 10.8. The predicted octanol–water partition coefficient (Wildman–Crippen LogP) is 3.62. The van der Waals surface area contributed by atoms with Crippen molar-refractivity contribution in [2.75, 3.05) is 18.4 Å². The number of nitrogens with one attached hydrogen (secondary N) is 1. The molecule has 0 bridgehead atoms. The molecule has 116 valence electrons. The maximum absolute atomic E-state index is 4.44. The fourth-order valence-electron chi connectivity index (χ4n) is 2.89. The van der Waals surface area contributed by atoms with Crippen LogP contribution in [0.2, 0.25) is 0 Å². The van der Waals surface area contributed by atoms with E-state index < -0.39 is 0 Å². The summed E-state index contributed by atoms with van der Waals surface area (Å²) in [5.41, 5.74) is 2.34. The molecule has 1 unspecified atom stereocenters. The molecule has 5 heteroatoms. The number of piperidine rings is 1. The van der Waals surface area contributed by atoms with Crippen LogP contribution in [-0.4, -0.2) is 34.0 Å². The summed E-state index contributed by atoms with van der Waals surface area (Å²) >= 11 is 3.64. The van der Waals surface area contributed by atoms with Crippen LogP contribution in [0.1, 0.15) is 24.1 Å². The van der Waals surface area contributed by atoms with Gasteiger partial charge in [-0.1, -0.05) is 34.1 Å². The van der Waals surface area contributed by atoms with Crippen molar-refractivity contribution in [1.29, 1.82) is 0 Å². The molecule has 0 aliphatic carbocycles. The molecule has 0 saturated carbocycles. The van der Waals surface area contributed by atoms with Crippen molar-refractivity contribution in [1.82, 2.24) is 14.9 Å². The predicted molar refractivity (Wildman–Crippen MR) is 92.8 cm³/mol. The Morgan fingerprint density at radius 2 is 2.18 bits per heavy atom. The zero-order valence-electron chi connectivity index (χ0n) is 12.8. The van der Waals surface area contributed by atoms with Crippen molar-refractivity contribution < 1.29 is 0 Å². The minimum Gasteiger partial charge on any atom is -0.350 e. The fraction of sp³-hybridized carbons (Fsp3) is 0.412. The van der Waals surface area contributed by atoms with Crippen LogP contribution >= 0.6 is 15.9 Å². The standard InChI is InChI=1S/C17H21BrN4/c1-13-8-9-19-17(20-13)21-15-6-4-10-22(12-15)11-14-5-2-3-7-16(14)18/h2-3,5,7-9,15H,4,6,10-12H2,1H3,(H,19,20,21). The largest absolute Gasteiger partial charge is 0.350 e. The molecule has 2 heterocycles. The summed E-state index contributed by atoms with van der Waals surface area (Å²) in [5.74, 6) is 0.743. The SMILES string of the molecule is Cc1ccnc(NC2CCCN(Cc3ccccc3Br)C2)n1. The van der Waals surface area contributed by atoms with E-state index in [-0.39, 0.29) is 0 Å². The van der Waals surface area contributed by atoms with Gasteiger partial charge in [0.05, 0.1) is 0 Å². The van der Waals surface area contributed by atoms with Crippen molar-refractivity contribution in [3.8, 4) is 0 Å². The number of hydrogen-bond donors (Lipinski definition) is 1. The Morgan fingerprint density at radius 1 is 1.32 bits per heavy atom. The summed E-state index contributed by atoms with van der Waals surface area (Å²) in [5, 5.41) is 3.48. The van der Waals surface area contributed by atoms with Crippen LogP contribution < -0.4 is 5.32 Å². The van der Waals surface area contributed by atoms with Gasteiger partial charge in [-0.25, -0.2) is 9.97 Å². The normalized spacial score (nSPS) is 19.1. The van der Waals surface area contributed by atoms with Crippen molar-refractivity contribution >= 4 is 21.9 Å². The van der Waals surface area contributed by atoms with E-state index in [1.54, 1.807) is 0 Å². The van der Waals surface area contributed by atoms with Crippen LogP contribution in [0.15, 0.2) is 41.0 Å². The van der Waals surface area contributed by atoms with E-state index in [1.165, 1.54) is 22.9 Å². The lowest BCUT2D eigenvalue weighted by molar-refractivity contribution is 0.208. The van der Waals surface area contributed by atoms with Crippen LogP contribution in [0, 0.1) is 6.92 Å². The fourth-order valence-corrected chi connectivity index (χ4v) is 3.30. The van der Waals surface area contributed by atoms with Crippen LogP contribution in [0.3, 0.4) is 0 Å². The molecule has 3 rings (SSSR count). The molecule has 22 heavy (non-hydrogen) atoms. The van der Waals surface area contributed by atoms with Crippen molar-refractivity contribution in [2.45, 2.75) is 32.4 Å². The van der Waals surface area contributed by atoms with E-state index in [1.807, 2.05) is 19.2 Å². The van der Waals surface area contributed by atoms with Gasteiger partial charge in [0.2, 0.25) is 5.95 Å². The number of aryl methyl sites for hydroxylation is 1. The Kier molecular flexibility index (Phi) is 5.05. The molecule has 1 atom stereocenters. The number of anilines is 1. The molecule has 2 aromatic rings. The van der Waals surface area contributed by atoms with E-state index in [0.29, 0.717) is 6.04 Å². The van der Waals surface area contributed by atoms with Gasteiger partial charge in [0.1, 0.15) is 0 Å². The number of nitrogens with zero attached hydrogens (tertiary/aromatic N) is 3. The van der Waals surface area contributed by atoms with E-state index in [0.717, 1.165) is 31.3 Å². The number of rotatable bonds is 4. The molecule has 1 aliphatic rings. The third kappa shape index (κ3) is 4.05. The van der Waals surface area contributed by atoms with Gasteiger partial charge in [-0.05, 0) is 44.0 Å². The second-order valence-corrected chi connectivity index (χ2v) is 6.69. The second kappa shape index (κ2) is 7.20. The monoisotopic (exact) mass is 360 g/mol. The Labute approximate surface area is 140 Å². The van der Waals surface area contributed by atoms with Gasteiger partial charge in [0.25, 0.3) is 0 Å². The first-order valence-electron chi connectivity index (χ1n) is 7.72. The van der Waals surface area contributed by atoms with E-state index in [9.17, 15) is 0 Å². The van der Waals surface area contributed by atoms with Crippen molar-refractivity contribution in [2.24, 2.45) is 0 Å². The van der Waals surface area contributed by atoms with Crippen molar-refractivity contribution in [3.63, 3.8) is 0 Å². The smallest absolute Gasteiger partial charge is 0.223 e. The molecule has 1 fully saturated rings. The van der Waals surface area contributed by atoms with Crippen LogP contribution in [0.25, 0.3) is 0 Å². The molecule has 1 N–H and O–H groups in total. The molecule has 1 aromatic carbocycles. The molecule has 1 aliphatic heterocycles. The second-order valence-electron chi connectivity index (χ2n) is 5.83. The Hall–Kier alpha value is -1.46. The Bertz CT molecular complexity index is 632. The highest BCUT2D eigenvalue weighted by molar-refractivity contribution is 9.10. The summed E-state index contributed by atoms with van der Waals surface area (Å²) in [6.07, 6.45) is 4.18. The lowest BCUT2D eigenvalue weighted by atomic mass is 10.0. The first-order chi connectivity index (χ1) is 10.7. The van der Waals surface area contributed by atoms with Gasteiger partial charge in [-0.15, -0.1) is 0 Å². The molecular formula is C17H21BrN4. The number of hydrogen-bond acceptors (Lipinski definition) is 4. The van der Waals surface area contributed by atoms with Gasteiger partial charge >= 0.3 is 0 Å². The number of halogens is 1. The zero-order chi connectivity index (χ0) is 15.4. The molecule has 0 amide bonds. The minimum absolute atomic E-state index is 0.415. The topological polar surface area (TPSA) is 41.1 Å². The summed E-state index contributed by atoms with van der Waals surface area (Å²) < 4.78 is 1.19. The first kappa shape index (κ1) is 15.4. The maximum atomic E-state index is 4.44. The van der Waals surface area contributed by atoms with E-state index >= 15 is 0 Å². The highest BCUT2D eigenvalue weighted by Gasteiger charge is 2.21. The summed E-state index contributed by atoms with van der Waals surface area (Å²) in [7, 11) is 0. The van der Waals surface area contributed by atoms with Crippen LogP contribution in [-0.2, 0) is 6.54 Å². The lowest BCUT2D eigenvalue weighted by Gasteiger charge is -2.33. The third-order valence-electron chi connectivity index (χ3n) is 3.99. The van der Waals surface area contributed by atoms with Crippen molar-refractivity contribution in [3.05, 3.63) is 52.3 Å². The summed E-state index contributed by atoms with van der Waals surface area (Å²) in [4.78, 5) is 11.2. The lowest BCUT2D eigenvalue weighted by Crippen LogP contribution is -2.42. The average molecular weight is 361 g/mol. The van der Waals surface area contributed by atoms with E-state index in [4.69, 9.17) is 0 Å². The Balaban J connectivity index is 1.61. The van der Waals surface area contributed by atoms with Crippen LogP contribution in [0.5, 0.6) is 0 Å². The average Bonchev–Trinajstić information content (AvgIpc) is 2.50. The number of benzene rings is 1. The van der Waals surface area contributed by atoms with Gasteiger partial charge in [-0.3, -0.25) is 4.90 Å². The Morgan fingerprint density at radius 3 is 3.00 bits per heavy atom. The van der Waals surface area contributed by atoms with Gasteiger partial charge in [0, 0.05) is 35.5 Å². The minimum atomic E-state index is 0.415. The maximum Gasteiger partial charge on any atom is 0.223 e. The third-order valence-corrected chi connectivity index (χ3v) is 4.76. The summed E-state index contributed by atoms with van der Waals surface area (Å²) in [6.45, 7) is 5.15.